The second-order valence-electron chi connectivity index (χ2n) is 0.101. The molecule has 4 heavy (non-hydrogen) atoms. The van der Waals surface area contributed by atoms with Gasteiger partial charge in [-0.1, -0.05) is 0 Å². The van der Waals surface area contributed by atoms with Crippen molar-refractivity contribution in [2.75, 3.05) is 0 Å². The molecule has 0 N–H and O–H groups in total. The van der Waals surface area contributed by atoms with Crippen LogP contribution in [0.3, 0.4) is 0 Å². The molecule has 0 heterocycles. The predicted molar refractivity (Wildman–Crippen MR) is 11.7 cm³/mol. The maximum atomic E-state index is 4.99. The average Bonchev–Trinajstić information content (AvgIpc) is 0.918. The SMILES string of the molecule is [Cd].[Cl][Hg][Cl]. The third kappa shape index (κ3) is 8.83. The molecule has 0 fully saturated rings. The van der Waals surface area contributed by atoms with E-state index < -0.39 is 22.1 Å². The minimum atomic E-state index is -1.14. The van der Waals surface area contributed by atoms with Gasteiger partial charge in [0.1, 0.15) is 0 Å². The molecule has 0 aliphatic heterocycles. The van der Waals surface area contributed by atoms with Crippen molar-refractivity contribution in [2.45, 2.75) is 0 Å². The van der Waals surface area contributed by atoms with Crippen molar-refractivity contribution in [3.05, 3.63) is 0 Å². The van der Waals surface area contributed by atoms with Gasteiger partial charge in [-0.2, -0.15) is 0 Å². The van der Waals surface area contributed by atoms with Crippen molar-refractivity contribution in [3.63, 3.8) is 0 Å². The van der Waals surface area contributed by atoms with Gasteiger partial charge in [0, 0.05) is 27.3 Å². The van der Waals surface area contributed by atoms with Gasteiger partial charge in [-0.3, -0.25) is 0 Å². The minimum absolute atomic E-state index is 0. The first-order valence-electron chi connectivity index (χ1n) is 0.535. The monoisotopic (exact) mass is 386 g/mol. The first kappa shape index (κ1) is 9.67. The van der Waals surface area contributed by atoms with Gasteiger partial charge in [-0.05, 0) is 0 Å². The number of halogens is 2. The fourth-order valence-electron chi connectivity index (χ4n) is 0. The molecule has 0 unspecified atom stereocenters. The molecule has 0 rings (SSSR count). The van der Waals surface area contributed by atoms with E-state index >= 15 is 0 Å². The van der Waals surface area contributed by atoms with Crippen molar-refractivity contribution in [1.29, 1.82) is 0 Å². The van der Waals surface area contributed by atoms with Crippen molar-refractivity contribution in [2.24, 2.45) is 0 Å². The third-order valence-electron chi connectivity index (χ3n) is 0. The van der Waals surface area contributed by atoms with Gasteiger partial charge < -0.3 is 0 Å². The summed E-state index contributed by atoms with van der Waals surface area (Å²) in [7, 11) is 9.97. The van der Waals surface area contributed by atoms with E-state index in [1.165, 1.54) is 0 Å². The van der Waals surface area contributed by atoms with Crippen LogP contribution in [0.25, 0.3) is 0 Å². The molecule has 0 amide bonds. The second-order valence-corrected chi connectivity index (χ2v) is 7.98. The Morgan fingerprint density at radius 2 is 1.25 bits per heavy atom. The third-order valence-corrected chi connectivity index (χ3v) is 0. The normalized spacial score (nSPS) is 2.50. The van der Waals surface area contributed by atoms with Gasteiger partial charge in [-0.25, -0.2) is 0 Å². The average molecular weight is 384 g/mol. The topological polar surface area (TPSA) is 0 Å². The molecule has 0 aromatic carbocycles. The van der Waals surface area contributed by atoms with E-state index in [0.717, 1.165) is 0 Å². The van der Waals surface area contributed by atoms with Gasteiger partial charge in [0.25, 0.3) is 0 Å². The predicted octanol–water partition coefficient (Wildman–Crippen LogP) is 1.37. The molecule has 0 atom stereocenters. The molecular formula is CdCl2Hg. The summed E-state index contributed by atoms with van der Waals surface area (Å²) in [6, 6.07) is 0. The Morgan fingerprint density at radius 3 is 1.25 bits per heavy atom. The molecule has 0 aliphatic carbocycles. The Kier molecular flexibility index (Phi) is 21.9. The zero-order valence-corrected chi connectivity index (χ0v) is 13.2. The summed E-state index contributed by atoms with van der Waals surface area (Å²) in [5.74, 6) is 0. The van der Waals surface area contributed by atoms with Crippen LogP contribution >= 0.6 is 16.5 Å². The second kappa shape index (κ2) is 9.06. The molecule has 0 bridgehead atoms. The van der Waals surface area contributed by atoms with Crippen molar-refractivity contribution >= 4 is 16.5 Å². The van der Waals surface area contributed by atoms with Crippen LogP contribution in [0.2, 0.25) is 0 Å². The summed E-state index contributed by atoms with van der Waals surface area (Å²) in [4.78, 5) is 0. The fraction of sp³-hybridized carbons (Fsp3) is 0. The van der Waals surface area contributed by atoms with Gasteiger partial charge >= 0.3 is 38.6 Å². The van der Waals surface area contributed by atoms with E-state index in [1.54, 1.807) is 0 Å². The zero-order valence-electron chi connectivity index (χ0n) is 2.17. The molecule has 0 aromatic heterocycles. The Bertz CT molecular complexity index is 6.00. The van der Waals surface area contributed by atoms with E-state index in [9.17, 15) is 0 Å². The number of hydrogen-bond donors (Lipinski definition) is 0. The quantitative estimate of drug-likeness (QED) is 0.554. The van der Waals surface area contributed by atoms with Crippen molar-refractivity contribution in [1.82, 2.24) is 0 Å². The van der Waals surface area contributed by atoms with Crippen LogP contribution in [0, 0.1) is 0 Å². The van der Waals surface area contributed by atoms with E-state index in [0.29, 0.717) is 0 Å². The molecular weight excluding hydrogens is 384 g/mol. The summed E-state index contributed by atoms with van der Waals surface area (Å²) >= 11 is -1.14. The molecule has 0 saturated heterocycles. The van der Waals surface area contributed by atoms with Crippen LogP contribution in [0.5, 0.6) is 0 Å². The molecule has 4 heteroatoms. The van der Waals surface area contributed by atoms with Gasteiger partial charge in [0.15, 0.2) is 0 Å². The Balaban J connectivity index is 0. The van der Waals surface area contributed by atoms with E-state index in [4.69, 9.17) is 16.5 Å². The van der Waals surface area contributed by atoms with Gasteiger partial charge in [0.05, 0.1) is 0 Å². The van der Waals surface area contributed by atoms with Crippen LogP contribution in [-0.4, -0.2) is 0 Å². The zero-order chi connectivity index (χ0) is 2.71. The molecule has 0 radical (unpaired) electrons. The van der Waals surface area contributed by atoms with Gasteiger partial charge in [0.2, 0.25) is 0 Å². The Hall–Kier alpha value is 2.44. The standard InChI is InChI=1S/Cd.2ClH.Hg/h;2*1H;/q;;;+2/p-2. The summed E-state index contributed by atoms with van der Waals surface area (Å²) in [5.41, 5.74) is 0. The first-order chi connectivity index (χ1) is 1.41. The van der Waals surface area contributed by atoms with Crippen LogP contribution in [-0.2, 0) is 49.4 Å². The van der Waals surface area contributed by atoms with Crippen molar-refractivity contribution in [3.8, 4) is 0 Å². The van der Waals surface area contributed by atoms with Crippen LogP contribution < -0.4 is 0 Å². The summed E-state index contributed by atoms with van der Waals surface area (Å²) < 4.78 is 0. The van der Waals surface area contributed by atoms with Gasteiger partial charge in [-0.15, -0.1) is 0 Å². The van der Waals surface area contributed by atoms with Crippen LogP contribution in [0.1, 0.15) is 0 Å². The van der Waals surface area contributed by atoms with Crippen molar-refractivity contribution < 1.29 is 49.4 Å². The Labute approximate surface area is 64.7 Å². The summed E-state index contributed by atoms with van der Waals surface area (Å²) in [6.07, 6.45) is 0. The first-order valence-corrected chi connectivity index (χ1v) is 14.1. The van der Waals surface area contributed by atoms with Crippen LogP contribution in [0.4, 0.5) is 0 Å². The van der Waals surface area contributed by atoms with Crippen LogP contribution in [0.15, 0.2) is 0 Å². The van der Waals surface area contributed by atoms with E-state index in [-0.39, 0.29) is 27.3 Å². The molecule has 0 nitrogen and oxygen atoms in total. The summed E-state index contributed by atoms with van der Waals surface area (Å²) in [5, 5.41) is 0. The van der Waals surface area contributed by atoms with E-state index in [2.05, 4.69) is 0 Å². The molecule has 18 valence electrons. The molecule has 0 saturated carbocycles. The fourth-order valence-corrected chi connectivity index (χ4v) is 0. The molecule has 0 aliphatic rings. The maximum absolute atomic E-state index is 4.99. The molecule has 0 aromatic rings. The number of hydrogen-bond acceptors (Lipinski definition) is 0. The van der Waals surface area contributed by atoms with E-state index in [1.807, 2.05) is 0 Å². The molecule has 0 spiro atoms. The number of rotatable bonds is 0. The summed E-state index contributed by atoms with van der Waals surface area (Å²) in [6.45, 7) is 0. The Morgan fingerprint density at radius 1 is 1.25 bits per heavy atom.